The van der Waals surface area contributed by atoms with Gasteiger partial charge in [-0.05, 0) is 99.7 Å². The van der Waals surface area contributed by atoms with Crippen LogP contribution in [0.1, 0.15) is 107 Å². The van der Waals surface area contributed by atoms with Gasteiger partial charge in [-0.3, -0.25) is 4.79 Å². The minimum atomic E-state index is -1.01. The molecule has 210 valence electrons. The van der Waals surface area contributed by atoms with Crippen LogP contribution in [0, 0.1) is 10.8 Å². The van der Waals surface area contributed by atoms with Crippen LogP contribution < -0.4 is 4.90 Å². The largest absolute Gasteiger partial charge is 0.339 e. The summed E-state index contributed by atoms with van der Waals surface area (Å²) >= 11 is 0. The Kier molecular flexibility index (Phi) is 5.22. The van der Waals surface area contributed by atoms with Gasteiger partial charge < -0.3 is 13.9 Å². The van der Waals surface area contributed by atoms with Crippen LogP contribution >= 0.6 is 0 Å². The van der Waals surface area contributed by atoms with Crippen molar-refractivity contribution in [1.82, 2.24) is 20.3 Å². The zero-order valence-corrected chi connectivity index (χ0v) is 23.1. The van der Waals surface area contributed by atoms with Gasteiger partial charge in [0, 0.05) is 42.0 Å². The van der Waals surface area contributed by atoms with Crippen LogP contribution in [0.25, 0.3) is 11.5 Å². The summed E-state index contributed by atoms with van der Waals surface area (Å²) in [5.41, 5.74) is 0.529. The average molecular weight is 546 g/mol. The minimum Gasteiger partial charge on any atom is -0.339 e. The molecule has 7 fully saturated rings. The lowest BCUT2D eigenvalue weighted by molar-refractivity contribution is -0.215. The molecule has 2 heterocycles. The van der Waals surface area contributed by atoms with E-state index in [0.717, 1.165) is 61.5 Å². The lowest BCUT2D eigenvalue weighted by atomic mass is 9.41. The zero-order chi connectivity index (χ0) is 27.2. The average Bonchev–Trinajstić information content (AvgIpc) is 3.46. The van der Waals surface area contributed by atoms with Gasteiger partial charge in [0.05, 0.1) is 0 Å². The Balaban J connectivity index is 1.05. The Morgan fingerprint density at radius 3 is 2.40 bits per heavy atom. The number of hydrogen-bond donors (Lipinski definition) is 0. The third-order valence-electron chi connectivity index (χ3n) is 10.8. The fraction of sp³-hybridized carbons (Fsp3) is 0.645. The minimum absolute atomic E-state index is 0.0210. The van der Waals surface area contributed by atoms with Crippen molar-refractivity contribution in [1.29, 1.82) is 0 Å². The number of halogens is 1. The number of fused-ring (bicyclic) bond motifs is 3. The lowest BCUT2D eigenvalue weighted by Crippen LogP contribution is -2.65. The molecular weight excluding hydrogens is 509 g/mol. The first kappa shape index (κ1) is 24.7. The number of alkyl halides is 1. The first-order chi connectivity index (χ1) is 19.3. The summed E-state index contributed by atoms with van der Waals surface area (Å²) < 4.78 is 25.6. The van der Waals surface area contributed by atoms with E-state index in [1.165, 1.54) is 12.8 Å². The van der Waals surface area contributed by atoms with Crippen molar-refractivity contribution in [3.05, 3.63) is 41.8 Å². The Bertz CT molecular complexity index is 1430. The number of anilines is 1. The third kappa shape index (κ3) is 3.94. The van der Waals surface area contributed by atoms with Gasteiger partial charge in [-0.2, -0.15) is 9.97 Å². The highest BCUT2D eigenvalue weighted by Crippen LogP contribution is 2.71. The SMILES string of the molecule is CCc1noc(-c2cccc(N(CC34CCC(c5nc(C6CC6)no5)(CC3)CC4)C(=O)CC34CC(F)(C3)C4)c2)n1. The van der Waals surface area contributed by atoms with Gasteiger partial charge in [0.25, 0.3) is 5.89 Å². The molecule has 0 saturated heterocycles. The Hall–Kier alpha value is -3.10. The summed E-state index contributed by atoms with van der Waals surface area (Å²) in [6, 6.07) is 7.90. The van der Waals surface area contributed by atoms with E-state index in [0.29, 0.717) is 56.3 Å². The van der Waals surface area contributed by atoms with Crippen LogP contribution in [0.3, 0.4) is 0 Å². The molecule has 10 rings (SSSR count). The van der Waals surface area contributed by atoms with Crippen LogP contribution in [-0.4, -0.2) is 38.4 Å². The maximum atomic E-state index is 14.3. The molecule has 3 aromatic rings. The van der Waals surface area contributed by atoms with Crippen molar-refractivity contribution in [3.8, 4) is 11.5 Å². The smallest absolute Gasteiger partial charge is 0.257 e. The molecule has 1 aromatic carbocycles. The topological polar surface area (TPSA) is 98.1 Å². The predicted molar refractivity (Wildman–Crippen MR) is 144 cm³/mol. The van der Waals surface area contributed by atoms with Crippen LogP contribution in [0.2, 0.25) is 0 Å². The van der Waals surface area contributed by atoms with E-state index in [-0.39, 0.29) is 22.2 Å². The van der Waals surface area contributed by atoms with E-state index in [1.807, 2.05) is 36.1 Å². The second-order valence-electron chi connectivity index (χ2n) is 13.8. The Morgan fingerprint density at radius 2 is 1.75 bits per heavy atom. The summed E-state index contributed by atoms with van der Waals surface area (Å²) in [6.07, 6.45) is 11.1. The van der Waals surface area contributed by atoms with Gasteiger partial charge in [0.15, 0.2) is 11.6 Å². The van der Waals surface area contributed by atoms with E-state index < -0.39 is 5.67 Å². The summed E-state index contributed by atoms with van der Waals surface area (Å²) in [5.74, 6) is 3.44. The molecule has 0 atom stereocenters. The van der Waals surface area contributed by atoms with Crippen LogP contribution in [0.4, 0.5) is 10.1 Å². The molecule has 0 unspecified atom stereocenters. The summed E-state index contributed by atoms with van der Waals surface area (Å²) in [5, 5.41) is 8.36. The van der Waals surface area contributed by atoms with Crippen LogP contribution in [0.5, 0.6) is 0 Å². The number of nitrogens with zero attached hydrogens (tertiary/aromatic N) is 5. The van der Waals surface area contributed by atoms with Gasteiger partial charge in [-0.1, -0.05) is 23.3 Å². The zero-order valence-electron chi connectivity index (χ0n) is 23.1. The van der Waals surface area contributed by atoms with Gasteiger partial charge in [0.1, 0.15) is 5.67 Å². The summed E-state index contributed by atoms with van der Waals surface area (Å²) in [7, 11) is 0. The standard InChI is InChI=1S/C31H36FN5O3/c1-2-23-33-26(39-35-23)21-4-3-5-22(14-21)37(24(38)15-29-16-31(32,17-29)18-29)19-28-8-11-30(12-9-28,13-10-28)27-34-25(36-40-27)20-6-7-20/h3-5,14,20H,2,6-13,15-19H2,1H3. The van der Waals surface area contributed by atoms with Crippen molar-refractivity contribution in [2.24, 2.45) is 10.8 Å². The summed E-state index contributed by atoms with van der Waals surface area (Å²) in [6.45, 7) is 2.66. The quantitative estimate of drug-likeness (QED) is 0.304. The molecule has 0 spiro atoms. The lowest BCUT2D eigenvalue weighted by Gasteiger charge is -2.66. The van der Waals surface area contributed by atoms with E-state index >= 15 is 0 Å². The first-order valence-electron chi connectivity index (χ1n) is 15.1. The van der Waals surface area contributed by atoms with Crippen molar-refractivity contribution >= 4 is 11.6 Å². The number of aromatic nitrogens is 4. The number of rotatable bonds is 9. The number of amides is 1. The Morgan fingerprint density at radius 1 is 1.00 bits per heavy atom. The molecule has 0 aliphatic heterocycles. The predicted octanol–water partition coefficient (Wildman–Crippen LogP) is 6.47. The van der Waals surface area contributed by atoms with Crippen LogP contribution in [-0.2, 0) is 16.6 Å². The molecule has 0 radical (unpaired) electrons. The molecule has 0 N–H and O–H groups in total. The van der Waals surface area contributed by atoms with Crippen molar-refractivity contribution in [3.63, 3.8) is 0 Å². The molecule has 7 saturated carbocycles. The molecule has 40 heavy (non-hydrogen) atoms. The highest BCUT2D eigenvalue weighted by molar-refractivity contribution is 5.94. The number of hydrogen-bond acceptors (Lipinski definition) is 7. The van der Waals surface area contributed by atoms with Crippen molar-refractivity contribution in [2.75, 3.05) is 11.4 Å². The summed E-state index contributed by atoms with van der Waals surface area (Å²) in [4.78, 5) is 25.3. The molecule has 2 aromatic heterocycles. The first-order valence-corrected chi connectivity index (χ1v) is 15.1. The van der Waals surface area contributed by atoms with Crippen molar-refractivity contribution < 1.29 is 18.2 Å². The highest BCUT2D eigenvalue weighted by atomic mass is 19.1. The number of carbonyl (C=O) groups is 1. The molecular formula is C31H36FN5O3. The van der Waals surface area contributed by atoms with Gasteiger partial charge in [-0.15, -0.1) is 0 Å². The van der Waals surface area contributed by atoms with E-state index in [4.69, 9.17) is 14.0 Å². The number of carbonyl (C=O) groups excluding carboxylic acids is 1. The second kappa shape index (κ2) is 8.46. The molecule has 1 amide bonds. The fourth-order valence-corrected chi connectivity index (χ4v) is 8.22. The molecule has 7 aliphatic rings. The van der Waals surface area contributed by atoms with Crippen LogP contribution in [0.15, 0.2) is 33.3 Å². The van der Waals surface area contributed by atoms with Crippen molar-refractivity contribution in [2.45, 2.75) is 107 Å². The molecule has 4 bridgehead atoms. The van der Waals surface area contributed by atoms with Gasteiger partial charge in [0.2, 0.25) is 11.8 Å². The maximum absolute atomic E-state index is 14.3. The second-order valence-corrected chi connectivity index (χ2v) is 13.8. The Labute approximate surface area is 233 Å². The van der Waals surface area contributed by atoms with E-state index in [1.54, 1.807) is 0 Å². The van der Waals surface area contributed by atoms with E-state index in [2.05, 4.69) is 15.3 Å². The normalized spacial score (nSPS) is 33.9. The molecule has 7 aliphatic carbocycles. The molecule has 8 nitrogen and oxygen atoms in total. The van der Waals surface area contributed by atoms with Gasteiger partial charge in [-0.25, -0.2) is 4.39 Å². The number of benzene rings is 1. The monoisotopic (exact) mass is 545 g/mol. The van der Waals surface area contributed by atoms with E-state index in [9.17, 15) is 9.18 Å². The maximum Gasteiger partial charge on any atom is 0.257 e. The fourth-order valence-electron chi connectivity index (χ4n) is 8.22. The van der Waals surface area contributed by atoms with Gasteiger partial charge >= 0.3 is 0 Å². The molecule has 9 heteroatoms. The third-order valence-corrected chi connectivity index (χ3v) is 10.8. The highest BCUT2D eigenvalue weighted by Gasteiger charge is 2.69. The number of aryl methyl sites for hydroxylation is 1.